The number of imidazole rings is 1. The van der Waals surface area contributed by atoms with E-state index in [1.54, 1.807) is 7.05 Å². The molecule has 0 spiro atoms. The molecular weight excluding hydrogens is 511 g/mol. The summed E-state index contributed by atoms with van der Waals surface area (Å²) in [6.07, 6.45) is 1.01. The second-order valence-electron chi connectivity index (χ2n) is 10.2. The number of carbonyl (C=O) groups excluding carboxylic acids is 2. The Morgan fingerprint density at radius 2 is 1.79 bits per heavy atom. The number of hydrogen-bond donors (Lipinski definition) is 2. The molecule has 5 rings (SSSR count). The topological polar surface area (TPSA) is 95.9 Å². The lowest BCUT2D eigenvalue weighted by atomic mass is 9.81. The molecule has 3 aromatic rings. The highest BCUT2D eigenvalue weighted by atomic mass is 19.3. The van der Waals surface area contributed by atoms with Gasteiger partial charge in [0, 0.05) is 31.6 Å². The number of nitrogens with zero attached hydrogens (tertiary/aromatic N) is 4. The van der Waals surface area contributed by atoms with Gasteiger partial charge in [-0.1, -0.05) is 6.07 Å². The molecule has 2 amide bonds. The maximum atomic E-state index is 15.6. The molecule has 13 heteroatoms. The van der Waals surface area contributed by atoms with Gasteiger partial charge >= 0.3 is 0 Å². The van der Waals surface area contributed by atoms with Gasteiger partial charge < -0.3 is 15.2 Å². The Kier molecular flexibility index (Phi) is 6.42. The number of aryl methyl sites for hydroxylation is 1. The van der Waals surface area contributed by atoms with Gasteiger partial charge in [0.2, 0.25) is 11.8 Å². The van der Waals surface area contributed by atoms with Crippen LogP contribution in [0.4, 0.5) is 22.0 Å². The average Bonchev–Trinajstić information content (AvgIpc) is 3.47. The Morgan fingerprint density at radius 3 is 2.39 bits per heavy atom. The number of fused-ring (bicyclic) bond motifs is 1. The Morgan fingerprint density at radius 1 is 1.11 bits per heavy atom. The van der Waals surface area contributed by atoms with E-state index in [-0.39, 0.29) is 59.7 Å². The summed E-state index contributed by atoms with van der Waals surface area (Å²) >= 11 is 0. The first-order chi connectivity index (χ1) is 17.8. The molecular formula is C25H27F5N6O2. The van der Waals surface area contributed by atoms with Gasteiger partial charge in [0.15, 0.2) is 5.82 Å². The van der Waals surface area contributed by atoms with Gasteiger partial charge in [0.1, 0.15) is 17.0 Å². The Hall–Kier alpha value is -3.51. The molecule has 0 unspecified atom stereocenters. The van der Waals surface area contributed by atoms with Crippen LogP contribution in [-0.4, -0.2) is 61.4 Å². The van der Waals surface area contributed by atoms with Crippen LogP contribution in [0.3, 0.4) is 0 Å². The van der Waals surface area contributed by atoms with E-state index in [2.05, 4.69) is 20.4 Å². The molecule has 204 valence electrons. The smallest absolute Gasteiger partial charge is 0.282 e. The first kappa shape index (κ1) is 26.1. The summed E-state index contributed by atoms with van der Waals surface area (Å²) in [5, 5.41) is 6.83. The van der Waals surface area contributed by atoms with Crippen LogP contribution < -0.4 is 5.32 Å². The van der Waals surface area contributed by atoms with Crippen LogP contribution >= 0.6 is 0 Å². The maximum Gasteiger partial charge on any atom is 0.282 e. The van der Waals surface area contributed by atoms with Crippen molar-refractivity contribution < 1.29 is 31.5 Å². The van der Waals surface area contributed by atoms with Crippen LogP contribution in [0.15, 0.2) is 24.4 Å². The summed E-state index contributed by atoms with van der Waals surface area (Å²) in [5.41, 5.74) is 0.456. The Balaban J connectivity index is 1.45. The molecule has 2 atom stereocenters. The van der Waals surface area contributed by atoms with E-state index in [1.165, 1.54) is 36.0 Å². The molecule has 1 aromatic carbocycles. The van der Waals surface area contributed by atoms with Crippen molar-refractivity contribution in [2.75, 3.05) is 13.1 Å². The Bertz CT molecular complexity index is 1370. The van der Waals surface area contributed by atoms with E-state index < -0.39 is 54.5 Å². The highest BCUT2D eigenvalue weighted by Crippen LogP contribution is 2.41. The zero-order valence-corrected chi connectivity index (χ0v) is 20.8. The van der Waals surface area contributed by atoms with Crippen LogP contribution in [0.1, 0.15) is 66.4 Å². The zero-order valence-electron chi connectivity index (χ0n) is 20.8. The third-order valence-corrected chi connectivity index (χ3v) is 7.50. The van der Waals surface area contributed by atoms with Gasteiger partial charge in [-0.3, -0.25) is 14.3 Å². The van der Waals surface area contributed by atoms with Crippen LogP contribution in [-0.2, 0) is 11.8 Å². The molecule has 3 heterocycles. The van der Waals surface area contributed by atoms with Crippen molar-refractivity contribution in [2.45, 2.75) is 56.4 Å². The van der Waals surface area contributed by atoms with Gasteiger partial charge in [-0.15, -0.1) is 0 Å². The number of hydrogen-bond acceptors (Lipinski definition) is 4. The van der Waals surface area contributed by atoms with E-state index >= 15 is 4.39 Å². The zero-order chi connectivity index (χ0) is 27.4. The number of aromatic nitrogens is 4. The summed E-state index contributed by atoms with van der Waals surface area (Å²) in [5.74, 6) is -8.82. The summed E-state index contributed by atoms with van der Waals surface area (Å²) in [4.78, 5) is 34.0. The molecule has 1 saturated heterocycles. The first-order valence-electron chi connectivity index (χ1n) is 12.4. The molecule has 2 aliphatic rings. The van der Waals surface area contributed by atoms with Crippen molar-refractivity contribution in [3.05, 3.63) is 47.3 Å². The molecule has 1 aliphatic carbocycles. The van der Waals surface area contributed by atoms with Crippen molar-refractivity contribution in [3.63, 3.8) is 0 Å². The van der Waals surface area contributed by atoms with E-state index in [9.17, 15) is 27.2 Å². The minimum atomic E-state index is -2.94. The molecule has 2 fully saturated rings. The van der Waals surface area contributed by atoms with Crippen molar-refractivity contribution in [2.24, 2.45) is 13.0 Å². The number of benzene rings is 1. The number of amides is 2. The van der Waals surface area contributed by atoms with E-state index in [1.807, 2.05) is 0 Å². The van der Waals surface area contributed by atoms with Gasteiger partial charge in [0.05, 0.1) is 30.6 Å². The number of alkyl halides is 4. The molecule has 1 aliphatic heterocycles. The van der Waals surface area contributed by atoms with Gasteiger partial charge in [-0.05, 0) is 37.8 Å². The second-order valence-corrected chi connectivity index (χ2v) is 10.2. The molecule has 0 radical (unpaired) electrons. The lowest BCUT2D eigenvalue weighted by Crippen LogP contribution is -2.59. The normalized spacial score (nSPS) is 20.7. The summed E-state index contributed by atoms with van der Waals surface area (Å²) in [7, 11) is 1.59. The number of nitrogens with one attached hydrogen (secondary N) is 2. The molecule has 2 aromatic heterocycles. The number of carbonyl (C=O) groups is 2. The molecule has 8 nitrogen and oxygen atoms in total. The van der Waals surface area contributed by atoms with E-state index in [0.29, 0.717) is 0 Å². The number of rotatable bonds is 6. The van der Waals surface area contributed by atoms with Gasteiger partial charge in [-0.25, -0.2) is 26.9 Å². The SMILES string of the molecule is C[C@@H](C(=O)N1CC(F)(F)C1)c1ccc2[nH]c([C@@H](NC(=O)c3ccnn3C)C3CCC(F)(F)CC3)nc2c1F. The highest BCUT2D eigenvalue weighted by molar-refractivity contribution is 5.92. The predicted octanol–water partition coefficient (Wildman–Crippen LogP) is 4.31. The first-order valence-corrected chi connectivity index (χ1v) is 12.4. The van der Waals surface area contributed by atoms with Crippen LogP contribution in [0.25, 0.3) is 11.0 Å². The minimum Gasteiger partial charge on any atom is -0.340 e. The van der Waals surface area contributed by atoms with Crippen LogP contribution in [0, 0.1) is 11.7 Å². The van der Waals surface area contributed by atoms with Crippen molar-refractivity contribution in [1.29, 1.82) is 0 Å². The minimum absolute atomic E-state index is 0.00328. The number of likely N-dealkylation sites (tertiary alicyclic amines) is 1. The fraction of sp³-hybridized carbons (Fsp3) is 0.520. The summed E-state index contributed by atoms with van der Waals surface area (Å²) in [6.45, 7) is 0.0336. The number of H-pyrrole nitrogens is 1. The van der Waals surface area contributed by atoms with Gasteiger partial charge in [0.25, 0.3) is 11.8 Å². The van der Waals surface area contributed by atoms with Crippen LogP contribution in [0.5, 0.6) is 0 Å². The average molecular weight is 539 g/mol. The van der Waals surface area contributed by atoms with Crippen molar-refractivity contribution in [3.8, 4) is 0 Å². The summed E-state index contributed by atoms with van der Waals surface area (Å²) < 4.78 is 71.1. The highest BCUT2D eigenvalue weighted by Gasteiger charge is 2.47. The quantitative estimate of drug-likeness (QED) is 0.457. The van der Waals surface area contributed by atoms with Crippen molar-refractivity contribution >= 4 is 22.8 Å². The lowest BCUT2D eigenvalue weighted by molar-refractivity contribution is -0.166. The number of aromatic amines is 1. The summed E-state index contributed by atoms with van der Waals surface area (Å²) in [6, 6.07) is 3.61. The molecule has 2 N–H and O–H groups in total. The number of halogens is 5. The largest absolute Gasteiger partial charge is 0.340 e. The molecule has 1 saturated carbocycles. The monoisotopic (exact) mass is 538 g/mol. The van der Waals surface area contributed by atoms with Crippen LogP contribution in [0.2, 0.25) is 0 Å². The molecule has 0 bridgehead atoms. The third-order valence-electron chi connectivity index (χ3n) is 7.50. The maximum absolute atomic E-state index is 15.6. The van der Waals surface area contributed by atoms with E-state index in [4.69, 9.17) is 0 Å². The van der Waals surface area contributed by atoms with Crippen molar-refractivity contribution in [1.82, 2.24) is 30.0 Å². The Labute approximate surface area is 214 Å². The fourth-order valence-corrected chi connectivity index (χ4v) is 5.25. The van der Waals surface area contributed by atoms with E-state index in [0.717, 1.165) is 4.90 Å². The third kappa shape index (κ3) is 4.85. The fourth-order valence-electron chi connectivity index (χ4n) is 5.25. The lowest BCUT2D eigenvalue weighted by Gasteiger charge is -2.40. The second kappa shape index (κ2) is 9.35. The predicted molar refractivity (Wildman–Crippen MR) is 126 cm³/mol. The standard InChI is InChI=1S/C25H27F5N6O2/c1-13(23(38)36-11-25(29,30)12-36)15-3-4-16-20(18(15)26)33-21(32-16)19(14-5-8-24(27,28)9-6-14)34-22(37)17-7-10-31-35(17)2/h3-4,7,10,13-14,19H,5-6,8-9,11-12H2,1-2H3,(H,32,33)(H,34,37)/t13-,19+/m1/s1. The van der Waals surface area contributed by atoms with Gasteiger partial charge in [-0.2, -0.15) is 5.10 Å². The molecule has 38 heavy (non-hydrogen) atoms.